The largest absolute Gasteiger partial charge is 0.393 e. The molecule has 4 heteroatoms. The van der Waals surface area contributed by atoms with Crippen LogP contribution in [0.1, 0.15) is 32.6 Å². The normalized spacial score (nSPS) is 28.5. The Labute approximate surface area is 91.4 Å². The Morgan fingerprint density at radius 2 is 2.00 bits per heavy atom. The van der Waals surface area contributed by atoms with E-state index in [4.69, 9.17) is 0 Å². The van der Waals surface area contributed by atoms with E-state index in [0.29, 0.717) is 5.92 Å². The van der Waals surface area contributed by atoms with Crippen LogP contribution in [0.5, 0.6) is 0 Å². The molecule has 1 saturated carbocycles. The lowest BCUT2D eigenvalue weighted by Crippen LogP contribution is -2.42. The van der Waals surface area contributed by atoms with Crippen molar-refractivity contribution in [2.75, 3.05) is 13.6 Å². The Hall–Kier alpha value is -0.610. The van der Waals surface area contributed by atoms with Gasteiger partial charge in [0.2, 0.25) is 5.91 Å². The molecule has 1 aliphatic rings. The van der Waals surface area contributed by atoms with Crippen LogP contribution in [0.15, 0.2) is 0 Å². The van der Waals surface area contributed by atoms with Crippen molar-refractivity contribution in [2.24, 2.45) is 5.92 Å². The molecule has 0 aromatic carbocycles. The van der Waals surface area contributed by atoms with Crippen molar-refractivity contribution in [1.29, 1.82) is 0 Å². The summed E-state index contributed by atoms with van der Waals surface area (Å²) in [5.74, 6) is 0.602. The smallest absolute Gasteiger partial charge is 0.236 e. The molecule has 0 spiro atoms. The maximum atomic E-state index is 11.5. The number of aliphatic hydroxyl groups is 1. The van der Waals surface area contributed by atoms with Crippen LogP contribution in [-0.2, 0) is 4.79 Å². The Balaban J connectivity index is 2.17. The van der Waals surface area contributed by atoms with Gasteiger partial charge in [-0.05, 0) is 45.6 Å². The van der Waals surface area contributed by atoms with E-state index in [-0.39, 0.29) is 18.1 Å². The molecule has 0 aromatic heterocycles. The molecule has 0 heterocycles. The quantitative estimate of drug-likeness (QED) is 0.629. The summed E-state index contributed by atoms with van der Waals surface area (Å²) < 4.78 is 0. The van der Waals surface area contributed by atoms with E-state index >= 15 is 0 Å². The summed E-state index contributed by atoms with van der Waals surface area (Å²) in [7, 11) is 1.78. The van der Waals surface area contributed by atoms with Crippen LogP contribution in [0.25, 0.3) is 0 Å². The topological polar surface area (TPSA) is 61.4 Å². The zero-order valence-electron chi connectivity index (χ0n) is 9.62. The third kappa shape index (κ3) is 4.18. The number of hydrogen-bond acceptors (Lipinski definition) is 3. The van der Waals surface area contributed by atoms with Crippen LogP contribution in [-0.4, -0.2) is 36.8 Å². The standard InChI is InChI=1S/C11H22N2O2/c1-8(12-2)11(15)13-7-9-3-5-10(14)6-4-9/h8-10,12,14H,3-7H2,1-2H3,(H,13,15). The number of hydrogen-bond donors (Lipinski definition) is 3. The third-order valence-corrected chi connectivity index (χ3v) is 3.21. The first-order valence-corrected chi connectivity index (χ1v) is 5.76. The van der Waals surface area contributed by atoms with E-state index in [9.17, 15) is 9.90 Å². The van der Waals surface area contributed by atoms with Gasteiger partial charge in [-0.25, -0.2) is 0 Å². The van der Waals surface area contributed by atoms with E-state index in [1.165, 1.54) is 0 Å². The maximum Gasteiger partial charge on any atom is 0.236 e. The second-order valence-corrected chi connectivity index (χ2v) is 4.43. The fourth-order valence-electron chi connectivity index (χ4n) is 1.88. The average molecular weight is 214 g/mol. The summed E-state index contributed by atoms with van der Waals surface area (Å²) in [6, 6.07) is -0.126. The van der Waals surface area contributed by atoms with Crippen LogP contribution in [0.4, 0.5) is 0 Å². The van der Waals surface area contributed by atoms with Crippen molar-refractivity contribution < 1.29 is 9.90 Å². The van der Waals surface area contributed by atoms with Gasteiger partial charge >= 0.3 is 0 Å². The van der Waals surface area contributed by atoms with Gasteiger partial charge in [0.25, 0.3) is 0 Å². The van der Waals surface area contributed by atoms with Crippen molar-refractivity contribution >= 4 is 5.91 Å². The lowest BCUT2D eigenvalue weighted by molar-refractivity contribution is -0.122. The van der Waals surface area contributed by atoms with Gasteiger partial charge in [0.15, 0.2) is 0 Å². The van der Waals surface area contributed by atoms with Gasteiger partial charge in [-0.2, -0.15) is 0 Å². The first kappa shape index (κ1) is 12.5. The van der Waals surface area contributed by atoms with Crippen LogP contribution in [0.2, 0.25) is 0 Å². The lowest BCUT2D eigenvalue weighted by atomic mass is 9.87. The number of nitrogens with one attached hydrogen (secondary N) is 2. The second kappa shape index (κ2) is 6.08. The van der Waals surface area contributed by atoms with Gasteiger partial charge in [-0.1, -0.05) is 0 Å². The van der Waals surface area contributed by atoms with Crippen LogP contribution >= 0.6 is 0 Å². The predicted molar refractivity (Wildman–Crippen MR) is 59.5 cm³/mol. The molecule has 15 heavy (non-hydrogen) atoms. The number of carbonyl (C=O) groups excluding carboxylic acids is 1. The number of aliphatic hydroxyl groups excluding tert-OH is 1. The van der Waals surface area contributed by atoms with Gasteiger partial charge in [-0.15, -0.1) is 0 Å². The molecule has 0 aliphatic heterocycles. The molecule has 1 aliphatic carbocycles. The highest BCUT2D eigenvalue weighted by Crippen LogP contribution is 2.23. The molecule has 0 radical (unpaired) electrons. The minimum atomic E-state index is -0.126. The molecule has 1 amide bonds. The first-order valence-electron chi connectivity index (χ1n) is 5.76. The maximum absolute atomic E-state index is 11.5. The lowest BCUT2D eigenvalue weighted by Gasteiger charge is -2.25. The van der Waals surface area contributed by atoms with E-state index in [2.05, 4.69) is 10.6 Å². The van der Waals surface area contributed by atoms with Crippen molar-refractivity contribution in [3.05, 3.63) is 0 Å². The summed E-state index contributed by atoms with van der Waals surface area (Å²) >= 11 is 0. The number of carbonyl (C=O) groups is 1. The van der Waals surface area contributed by atoms with Crippen molar-refractivity contribution in [2.45, 2.75) is 44.8 Å². The molecule has 1 rings (SSSR count). The number of likely N-dealkylation sites (N-methyl/N-ethyl adjacent to an activating group) is 1. The molecular weight excluding hydrogens is 192 g/mol. The van der Waals surface area contributed by atoms with Crippen molar-refractivity contribution in [1.82, 2.24) is 10.6 Å². The van der Waals surface area contributed by atoms with E-state index in [1.54, 1.807) is 7.05 Å². The molecule has 1 atom stereocenters. The highest BCUT2D eigenvalue weighted by molar-refractivity contribution is 5.81. The summed E-state index contributed by atoms with van der Waals surface area (Å²) in [5.41, 5.74) is 0. The Morgan fingerprint density at radius 3 is 2.53 bits per heavy atom. The van der Waals surface area contributed by atoms with Crippen LogP contribution < -0.4 is 10.6 Å². The zero-order chi connectivity index (χ0) is 11.3. The summed E-state index contributed by atoms with van der Waals surface area (Å²) in [6.07, 6.45) is 3.68. The minimum absolute atomic E-state index is 0.0589. The molecule has 4 nitrogen and oxygen atoms in total. The molecular formula is C11H22N2O2. The molecule has 1 unspecified atom stereocenters. The molecule has 3 N–H and O–H groups in total. The number of rotatable bonds is 4. The van der Waals surface area contributed by atoms with Gasteiger partial charge in [0, 0.05) is 6.54 Å². The number of amides is 1. The summed E-state index contributed by atoms with van der Waals surface area (Å²) in [5, 5.41) is 15.2. The van der Waals surface area contributed by atoms with Crippen LogP contribution in [0.3, 0.4) is 0 Å². The van der Waals surface area contributed by atoms with E-state index in [1.807, 2.05) is 6.92 Å². The second-order valence-electron chi connectivity index (χ2n) is 4.43. The van der Waals surface area contributed by atoms with Crippen LogP contribution in [0, 0.1) is 5.92 Å². The molecule has 88 valence electrons. The van der Waals surface area contributed by atoms with E-state index in [0.717, 1.165) is 32.2 Å². The molecule has 1 fully saturated rings. The predicted octanol–water partition coefficient (Wildman–Crippen LogP) is 0.262. The fourth-order valence-corrected chi connectivity index (χ4v) is 1.88. The summed E-state index contributed by atoms with van der Waals surface area (Å²) in [6.45, 7) is 2.59. The third-order valence-electron chi connectivity index (χ3n) is 3.21. The van der Waals surface area contributed by atoms with Gasteiger partial charge in [0.05, 0.1) is 12.1 Å². The SMILES string of the molecule is CNC(C)C(=O)NCC1CCC(O)CC1. The fraction of sp³-hybridized carbons (Fsp3) is 0.909. The monoisotopic (exact) mass is 214 g/mol. The Kier molecular flexibility index (Phi) is 5.05. The molecule has 0 saturated heterocycles. The average Bonchev–Trinajstić information content (AvgIpc) is 2.26. The van der Waals surface area contributed by atoms with E-state index < -0.39 is 0 Å². The Morgan fingerprint density at radius 1 is 1.40 bits per heavy atom. The summed E-state index contributed by atoms with van der Waals surface area (Å²) in [4.78, 5) is 11.5. The first-order chi connectivity index (χ1) is 7.13. The zero-order valence-corrected chi connectivity index (χ0v) is 9.62. The van der Waals surface area contributed by atoms with Gasteiger partial charge in [0.1, 0.15) is 0 Å². The molecule has 0 bridgehead atoms. The minimum Gasteiger partial charge on any atom is -0.393 e. The highest BCUT2D eigenvalue weighted by Gasteiger charge is 2.20. The van der Waals surface area contributed by atoms with Crippen molar-refractivity contribution in [3.8, 4) is 0 Å². The highest BCUT2D eigenvalue weighted by atomic mass is 16.3. The van der Waals surface area contributed by atoms with Gasteiger partial charge in [-0.3, -0.25) is 4.79 Å². The molecule has 0 aromatic rings. The van der Waals surface area contributed by atoms with Crippen molar-refractivity contribution in [3.63, 3.8) is 0 Å². The Bertz CT molecular complexity index is 201. The van der Waals surface area contributed by atoms with Gasteiger partial charge < -0.3 is 15.7 Å².